The lowest BCUT2D eigenvalue weighted by Crippen LogP contribution is -2.01. The Morgan fingerprint density at radius 3 is 2.35 bits per heavy atom. The lowest BCUT2D eigenvalue weighted by molar-refractivity contribution is 0.981. The molecule has 0 bridgehead atoms. The summed E-state index contributed by atoms with van der Waals surface area (Å²) >= 11 is 0. The van der Waals surface area contributed by atoms with Gasteiger partial charge in [0.2, 0.25) is 0 Å². The molecule has 3 rings (SSSR count). The Kier molecular flexibility index (Phi) is 2.45. The monoisotopic (exact) mass is 224 g/mol. The van der Waals surface area contributed by atoms with Crippen molar-refractivity contribution in [2.24, 2.45) is 5.73 Å². The van der Waals surface area contributed by atoms with E-state index in [2.05, 4.69) is 48.3 Å². The highest BCUT2D eigenvalue weighted by molar-refractivity contribution is 5.59. The predicted octanol–water partition coefficient (Wildman–Crippen LogP) is 2.87. The third kappa shape index (κ3) is 2.08. The molecule has 86 valence electrons. The Morgan fingerprint density at radius 1 is 1.12 bits per heavy atom. The Balaban J connectivity index is 1.86. The minimum absolute atomic E-state index is 0.349. The van der Waals surface area contributed by atoms with Gasteiger partial charge < -0.3 is 5.73 Å². The van der Waals surface area contributed by atoms with Crippen LogP contribution in [0.3, 0.4) is 0 Å². The second kappa shape index (κ2) is 3.97. The van der Waals surface area contributed by atoms with E-state index in [0.29, 0.717) is 12.0 Å². The van der Waals surface area contributed by atoms with Gasteiger partial charge in [-0.3, -0.25) is 4.98 Å². The van der Waals surface area contributed by atoms with Crippen molar-refractivity contribution in [2.45, 2.75) is 25.3 Å². The van der Waals surface area contributed by atoms with Crippen LogP contribution in [0.1, 0.15) is 23.5 Å². The molecule has 17 heavy (non-hydrogen) atoms. The highest BCUT2D eigenvalue weighted by Crippen LogP contribution is 2.38. The van der Waals surface area contributed by atoms with Gasteiger partial charge in [-0.2, -0.15) is 0 Å². The van der Waals surface area contributed by atoms with Crippen molar-refractivity contribution in [1.82, 2.24) is 4.98 Å². The lowest BCUT2D eigenvalue weighted by Gasteiger charge is -2.03. The van der Waals surface area contributed by atoms with Crippen molar-refractivity contribution in [1.29, 1.82) is 0 Å². The van der Waals surface area contributed by atoms with Gasteiger partial charge in [-0.05, 0) is 25.0 Å². The summed E-state index contributed by atoms with van der Waals surface area (Å²) in [5.41, 5.74) is 10.6. The normalized spacial score (nSPS) is 22.5. The van der Waals surface area contributed by atoms with E-state index in [1.54, 1.807) is 0 Å². The molecule has 0 radical (unpaired) electrons. The van der Waals surface area contributed by atoms with Crippen molar-refractivity contribution >= 4 is 0 Å². The minimum Gasteiger partial charge on any atom is -0.327 e. The van der Waals surface area contributed by atoms with Gasteiger partial charge in [-0.1, -0.05) is 35.9 Å². The molecule has 1 aliphatic carbocycles. The van der Waals surface area contributed by atoms with Crippen molar-refractivity contribution in [3.05, 3.63) is 53.7 Å². The van der Waals surface area contributed by atoms with Gasteiger partial charge in [0.25, 0.3) is 0 Å². The molecule has 0 unspecified atom stereocenters. The minimum atomic E-state index is 0.349. The Hall–Kier alpha value is -1.67. The van der Waals surface area contributed by atoms with E-state index in [4.69, 9.17) is 5.73 Å². The van der Waals surface area contributed by atoms with Crippen LogP contribution < -0.4 is 5.73 Å². The summed E-state index contributed by atoms with van der Waals surface area (Å²) in [4.78, 5) is 4.52. The summed E-state index contributed by atoms with van der Waals surface area (Å²) < 4.78 is 0. The molecule has 0 aliphatic heterocycles. The van der Waals surface area contributed by atoms with Gasteiger partial charge in [0.05, 0.1) is 5.69 Å². The lowest BCUT2D eigenvalue weighted by atomic mass is 10.1. The third-order valence-corrected chi connectivity index (χ3v) is 3.40. The molecular formula is C15H16N2. The Bertz CT molecular complexity index is 514. The van der Waals surface area contributed by atoms with E-state index >= 15 is 0 Å². The first-order valence-corrected chi connectivity index (χ1v) is 6.02. The van der Waals surface area contributed by atoms with Gasteiger partial charge in [0.1, 0.15) is 0 Å². The largest absolute Gasteiger partial charge is 0.327 e. The van der Waals surface area contributed by atoms with Crippen LogP contribution in [0.4, 0.5) is 0 Å². The smallest absolute Gasteiger partial charge is 0.0702 e. The van der Waals surface area contributed by atoms with Crippen LogP contribution in [0.25, 0.3) is 11.3 Å². The molecule has 0 saturated heterocycles. The van der Waals surface area contributed by atoms with Crippen LogP contribution >= 0.6 is 0 Å². The number of pyridine rings is 1. The number of benzene rings is 1. The van der Waals surface area contributed by atoms with Gasteiger partial charge in [-0.25, -0.2) is 0 Å². The number of hydrogen-bond acceptors (Lipinski definition) is 2. The number of aromatic nitrogens is 1. The maximum Gasteiger partial charge on any atom is 0.0702 e. The fraction of sp³-hybridized carbons (Fsp3) is 0.267. The van der Waals surface area contributed by atoms with Crippen LogP contribution in [0.15, 0.2) is 42.6 Å². The molecule has 2 nitrogen and oxygen atoms in total. The van der Waals surface area contributed by atoms with E-state index < -0.39 is 0 Å². The van der Waals surface area contributed by atoms with E-state index in [0.717, 1.165) is 12.1 Å². The predicted molar refractivity (Wildman–Crippen MR) is 69.7 cm³/mol. The van der Waals surface area contributed by atoms with E-state index in [9.17, 15) is 0 Å². The molecule has 2 heteroatoms. The average Bonchev–Trinajstić information content (AvgIpc) is 3.08. The number of rotatable bonds is 2. The summed E-state index contributed by atoms with van der Waals surface area (Å²) in [6, 6.07) is 13.0. The molecule has 2 aromatic rings. The summed E-state index contributed by atoms with van der Waals surface area (Å²) in [5.74, 6) is 0.537. The average molecular weight is 224 g/mol. The van der Waals surface area contributed by atoms with Crippen LogP contribution in [0, 0.1) is 6.92 Å². The zero-order chi connectivity index (χ0) is 11.8. The van der Waals surface area contributed by atoms with Crippen LogP contribution in [0.2, 0.25) is 0 Å². The van der Waals surface area contributed by atoms with Crippen molar-refractivity contribution in [3.8, 4) is 11.3 Å². The molecule has 2 N–H and O–H groups in total. The van der Waals surface area contributed by atoms with E-state index in [1.807, 2.05) is 6.20 Å². The topological polar surface area (TPSA) is 38.9 Å². The van der Waals surface area contributed by atoms with Gasteiger partial charge >= 0.3 is 0 Å². The van der Waals surface area contributed by atoms with Crippen LogP contribution in [-0.2, 0) is 0 Å². The van der Waals surface area contributed by atoms with Crippen LogP contribution in [0.5, 0.6) is 0 Å². The summed E-state index contributed by atoms with van der Waals surface area (Å²) in [6.07, 6.45) is 3.07. The quantitative estimate of drug-likeness (QED) is 0.852. The maximum atomic E-state index is 5.84. The van der Waals surface area contributed by atoms with Gasteiger partial charge in [0, 0.05) is 23.7 Å². The van der Waals surface area contributed by atoms with Crippen molar-refractivity contribution in [2.75, 3.05) is 0 Å². The molecule has 2 atom stereocenters. The maximum absolute atomic E-state index is 5.84. The summed E-state index contributed by atoms with van der Waals surface area (Å²) in [7, 11) is 0. The zero-order valence-electron chi connectivity index (χ0n) is 9.93. The second-order valence-electron chi connectivity index (χ2n) is 4.85. The standard InChI is InChI=1S/C15H16N2/c1-10-2-4-11(5-3-10)15-7-6-12(9-17-15)13-8-14(13)16/h2-7,9,13-14H,8,16H2,1H3/t13-,14+/m0/s1. The fourth-order valence-electron chi connectivity index (χ4n) is 2.12. The molecule has 1 aromatic carbocycles. The second-order valence-corrected chi connectivity index (χ2v) is 4.85. The SMILES string of the molecule is Cc1ccc(-c2ccc([C@@H]3C[C@H]3N)cn2)cc1. The third-order valence-electron chi connectivity index (χ3n) is 3.40. The first-order valence-electron chi connectivity index (χ1n) is 6.02. The highest BCUT2D eigenvalue weighted by atomic mass is 14.8. The highest BCUT2D eigenvalue weighted by Gasteiger charge is 2.34. The number of aryl methyl sites for hydroxylation is 1. The van der Waals surface area contributed by atoms with Crippen LogP contribution in [-0.4, -0.2) is 11.0 Å². The molecular weight excluding hydrogens is 208 g/mol. The molecule has 0 spiro atoms. The molecule has 0 amide bonds. The fourth-order valence-corrected chi connectivity index (χ4v) is 2.12. The zero-order valence-corrected chi connectivity index (χ0v) is 9.93. The first kappa shape index (κ1) is 10.5. The molecule has 1 fully saturated rings. The van der Waals surface area contributed by atoms with E-state index in [-0.39, 0.29) is 0 Å². The summed E-state index contributed by atoms with van der Waals surface area (Å²) in [6.45, 7) is 2.09. The molecule has 1 aliphatic rings. The van der Waals surface area contributed by atoms with Crippen molar-refractivity contribution in [3.63, 3.8) is 0 Å². The number of hydrogen-bond donors (Lipinski definition) is 1. The summed E-state index contributed by atoms with van der Waals surface area (Å²) in [5, 5.41) is 0. The molecule has 1 heterocycles. The van der Waals surface area contributed by atoms with Crippen molar-refractivity contribution < 1.29 is 0 Å². The van der Waals surface area contributed by atoms with Gasteiger partial charge in [-0.15, -0.1) is 0 Å². The Morgan fingerprint density at radius 2 is 1.82 bits per heavy atom. The van der Waals surface area contributed by atoms with Gasteiger partial charge in [0.15, 0.2) is 0 Å². The number of nitrogens with two attached hydrogens (primary N) is 1. The number of nitrogens with zero attached hydrogens (tertiary/aromatic N) is 1. The Labute approximate surface area is 102 Å². The molecule has 1 saturated carbocycles. The molecule has 1 aromatic heterocycles. The first-order chi connectivity index (χ1) is 8.24. The van der Waals surface area contributed by atoms with E-state index in [1.165, 1.54) is 16.7 Å².